The molecule has 0 aliphatic rings. The second-order valence-corrected chi connectivity index (χ2v) is 4.89. The number of carbonyl (C=O) groups excluding carboxylic acids is 1. The van der Waals surface area contributed by atoms with Crippen molar-refractivity contribution in [2.75, 3.05) is 0 Å². The Hall–Kier alpha value is -2.70. The summed E-state index contributed by atoms with van der Waals surface area (Å²) in [6.07, 6.45) is 3.24. The van der Waals surface area contributed by atoms with Crippen molar-refractivity contribution in [1.82, 2.24) is 15.1 Å². The third kappa shape index (κ3) is 3.91. The zero-order valence-corrected chi connectivity index (χ0v) is 11.9. The number of carbonyl (C=O) groups is 2. The number of nitrogens with one attached hydrogen (secondary N) is 1. The zero-order chi connectivity index (χ0) is 16.1. The smallest absolute Gasteiger partial charge is 0.326 e. The van der Waals surface area contributed by atoms with Gasteiger partial charge >= 0.3 is 5.97 Å². The Labute approximate surface area is 126 Å². The highest BCUT2D eigenvalue weighted by Crippen LogP contribution is 2.08. The number of hydrogen-bond acceptors (Lipinski definition) is 3. The Morgan fingerprint density at radius 1 is 1.36 bits per heavy atom. The van der Waals surface area contributed by atoms with Gasteiger partial charge in [0.2, 0.25) is 5.91 Å². The molecule has 0 saturated carbocycles. The number of carboxylic acids is 1. The second kappa shape index (κ2) is 6.84. The molecule has 2 N–H and O–H groups in total. The predicted octanol–water partition coefficient (Wildman–Crippen LogP) is 1.40. The molecule has 1 amide bonds. The van der Waals surface area contributed by atoms with Crippen molar-refractivity contribution >= 4 is 11.9 Å². The standard InChI is InChI=1S/C15H16FN3O3/c1-10(19-8-2-7-17-19)14(20)18-13(15(21)22)9-11-3-5-12(16)6-4-11/h2-8,10,13H,9H2,1H3,(H,18,20)(H,21,22)/t10-,13+/m0/s1. The third-order valence-electron chi connectivity index (χ3n) is 3.27. The fourth-order valence-electron chi connectivity index (χ4n) is 1.98. The van der Waals surface area contributed by atoms with Gasteiger partial charge in [-0.05, 0) is 30.7 Å². The van der Waals surface area contributed by atoms with Gasteiger partial charge in [-0.25, -0.2) is 9.18 Å². The van der Waals surface area contributed by atoms with Crippen LogP contribution in [-0.4, -0.2) is 32.8 Å². The molecule has 0 saturated heterocycles. The minimum Gasteiger partial charge on any atom is -0.480 e. The summed E-state index contributed by atoms with van der Waals surface area (Å²) < 4.78 is 14.3. The number of nitrogens with zero attached hydrogens (tertiary/aromatic N) is 2. The maximum atomic E-state index is 12.9. The largest absolute Gasteiger partial charge is 0.480 e. The quantitative estimate of drug-likeness (QED) is 0.845. The van der Waals surface area contributed by atoms with Crippen molar-refractivity contribution < 1.29 is 19.1 Å². The van der Waals surface area contributed by atoms with Gasteiger partial charge in [0.05, 0.1) is 0 Å². The monoisotopic (exact) mass is 305 g/mol. The van der Waals surface area contributed by atoms with Crippen LogP contribution in [0.15, 0.2) is 42.7 Å². The molecular weight excluding hydrogens is 289 g/mol. The van der Waals surface area contributed by atoms with Crippen LogP contribution in [-0.2, 0) is 16.0 Å². The maximum Gasteiger partial charge on any atom is 0.326 e. The van der Waals surface area contributed by atoms with Crippen molar-refractivity contribution in [1.29, 1.82) is 0 Å². The molecule has 1 aromatic heterocycles. The van der Waals surface area contributed by atoms with Crippen LogP contribution < -0.4 is 5.32 Å². The van der Waals surface area contributed by atoms with Crippen LogP contribution in [0.25, 0.3) is 0 Å². The van der Waals surface area contributed by atoms with E-state index in [0.29, 0.717) is 5.56 Å². The van der Waals surface area contributed by atoms with E-state index in [-0.39, 0.29) is 6.42 Å². The molecule has 0 aliphatic heterocycles. The minimum absolute atomic E-state index is 0.0766. The van der Waals surface area contributed by atoms with Gasteiger partial charge in [0.15, 0.2) is 0 Å². The number of rotatable bonds is 6. The molecule has 1 aromatic carbocycles. The summed E-state index contributed by atoms with van der Waals surface area (Å²) in [5.74, 6) is -1.99. The number of aromatic nitrogens is 2. The number of amides is 1. The van der Waals surface area contributed by atoms with E-state index in [1.807, 2.05) is 0 Å². The number of halogens is 1. The average molecular weight is 305 g/mol. The molecule has 2 aromatic rings. The van der Waals surface area contributed by atoms with Gasteiger partial charge in [0.25, 0.3) is 0 Å². The molecule has 0 unspecified atom stereocenters. The van der Waals surface area contributed by atoms with E-state index in [1.165, 1.54) is 35.1 Å². The third-order valence-corrected chi connectivity index (χ3v) is 3.27. The molecule has 6 nitrogen and oxygen atoms in total. The highest BCUT2D eigenvalue weighted by atomic mass is 19.1. The van der Waals surface area contributed by atoms with Crippen LogP contribution >= 0.6 is 0 Å². The molecule has 7 heteroatoms. The number of hydrogen-bond donors (Lipinski definition) is 2. The van der Waals surface area contributed by atoms with Crippen molar-refractivity contribution in [3.05, 3.63) is 54.1 Å². The molecule has 116 valence electrons. The maximum absolute atomic E-state index is 12.9. The van der Waals surface area contributed by atoms with Gasteiger partial charge in [-0.15, -0.1) is 0 Å². The second-order valence-electron chi connectivity index (χ2n) is 4.89. The van der Waals surface area contributed by atoms with E-state index in [2.05, 4.69) is 10.4 Å². The first-order chi connectivity index (χ1) is 10.5. The van der Waals surface area contributed by atoms with Crippen molar-refractivity contribution in [3.8, 4) is 0 Å². The van der Waals surface area contributed by atoms with E-state index >= 15 is 0 Å². The molecule has 1 heterocycles. The topological polar surface area (TPSA) is 84.2 Å². The van der Waals surface area contributed by atoms with Crippen LogP contribution in [0.1, 0.15) is 18.5 Å². The number of benzene rings is 1. The summed E-state index contributed by atoms with van der Waals surface area (Å²) in [6, 6.07) is 5.46. The van der Waals surface area contributed by atoms with Crippen LogP contribution in [0.4, 0.5) is 4.39 Å². The van der Waals surface area contributed by atoms with Crippen molar-refractivity contribution in [3.63, 3.8) is 0 Å². The average Bonchev–Trinajstić information content (AvgIpc) is 3.02. The molecule has 0 aliphatic carbocycles. The van der Waals surface area contributed by atoms with E-state index in [0.717, 1.165) is 0 Å². The Bertz CT molecular complexity index is 641. The fraction of sp³-hybridized carbons (Fsp3) is 0.267. The van der Waals surface area contributed by atoms with Crippen LogP contribution in [0.3, 0.4) is 0 Å². The summed E-state index contributed by atoms with van der Waals surface area (Å²) in [5, 5.41) is 15.7. The van der Waals surface area contributed by atoms with E-state index in [4.69, 9.17) is 0 Å². The molecule has 2 atom stereocenters. The molecule has 0 bridgehead atoms. The van der Waals surface area contributed by atoms with E-state index in [9.17, 15) is 19.1 Å². The van der Waals surface area contributed by atoms with Gasteiger partial charge in [-0.2, -0.15) is 5.10 Å². The first-order valence-corrected chi connectivity index (χ1v) is 6.74. The summed E-state index contributed by atoms with van der Waals surface area (Å²) in [7, 11) is 0. The van der Waals surface area contributed by atoms with E-state index < -0.39 is 29.8 Å². The number of aliphatic carboxylic acids is 1. The van der Waals surface area contributed by atoms with Gasteiger partial charge in [-0.3, -0.25) is 9.48 Å². The molecule has 0 spiro atoms. The van der Waals surface area contributed by atoms with Crippen molar-refractivity contribution in [2.24, 2.45) is 0 Å². The Morgan fingerprint density at radius 2 is 2.05 bits per heavy atom. The highest BCUT2D eigenvalue weighted by molar-refractivity contribution is 5.85. The number of carboxylic acid groups (broad SMARTS) is 1. The molecular formula is C15H16FN3O3. The first kappa shape index (κ1) is 15.7. The van der Waals surface area contributed by atoms with Crippen LogP contribution in [0.2, 0.25) is 0 Å². The normalized spacial score (nSPS) is 13.4. The summed E-state index contributed by atoms with van der Waals surface area (Å²) >= 11 is 0. The Kier molecular flexibility index (Phi) is 4.88. The Balaban J connectivity index is 2.04. The van der Waals surface area contributed by atoms with E-state index in [1.54, 1.807) is 19.2 Å². The van der Waals surface area contributed by atoms with Gasteiger partial charge in [-0.1, -0.05) is 12.1 Å². The predicted molar refractivity (Wildman–Crippen MR) is 76.6 cm³/mol. The zero-order valence-electron chi connectivity index (χ0n) is 11.9. The lowest BCUT2D eigenvalue weighted by molar-refractivity contribution is -0.142. The lowest BCUT2D eigenvalue weighted by atomic mass is 10.1. The summed E-state index contributed by atoms with van der Waals surface area (Å²) in [5.41, 5.74) is 0.626. The lowest BCUT2D eigenvalue weighted by Crippen LogP contribution is -2.45. The van der Waals surface area contributed by atoms with Crippen LogP contribution in [0, 0.1) is 5.82 Å². The molecule has 2 rings (SSSR count). The fourth-order valence-corrected chi connectivity index (χ4v) is 1.98. The van der Waals surface area contributed by atoms with Crippen molar-refractivity contribution in [2.45, 2.75) is 25.4 Å². The first-order valence-electron chi connectivity index (χ1n) is 6.74. The van der Waals surface area contributed by atoms with Gasteiger partial charge in [0.1, 0.15) is 17.9 Å². The molecule has 0 fully saturated rings. The summed E-state index contributed by atoms with van der Waals surface area (Å²) in [4.78, 5) is 23.4. The van der Waals surface area contributed by atoms with Gasteiger partial charge in [0, 0.05) is 18.8 Å². The highest BCUT2D eigenvalue weighted by Gasteiger charge is 2.24. The lowest BCUT2D eigenvalue weighted by Gasteiger charge is -2.18. The van der Waals surface area contributed by atoms with Gasteiger partial charge < -0.3 is 10.4 Å². The molecule has 22 heavy (non-hydrogen) atoms. The molecule has 0 radical (unpaired) electrons. The SMILES string of the molecule is C[C@@H](C(=O)N[C@H](Cc1ccc(F)cc1)C(=O)O)n1cccn1. The summed E-state index contributed by atoms with van der Waals surface area (Å²) in [6.45, 7) is 1.62. The van der Waals surface area contributed by atoms with Crippen LogP contribution in [0.5, 0.6) is 0 Å². The minimum atomic E-state index is -1.15. The Morgan fingerprint density at radius 3 is 2.59 bits per heavy atom.